The maximum Gasteiger partial charge on any atom is 0.0115 e. The van der Waals surface area contributed by atoms with Gasteiger partial charge in [0.1, 0.15) is 0 Å². The van der Waals surface area contributed by atoms with Gasteiger partial charge in [-0.25, -0.2) is 0 Å². The highest BCUT2D eigenvalue weighted by Crippen LogP contribution is 2.32. The first-order valence-corrected chi connectivity index (χ1v) is 5.07. The van der Waals surface area contributed by atoms with Crippen molar-refractivity contribution >= 4 is 22.6 Å². The van der Waals surface area contributed by atoms with Crippen LogP contribution in [0.2, 0.25) is 0 Å². The first-order valence-electron chi connectivity index (χ1n) is 3.82. The van der Waals surface area contributed by atoms with Crippen molar-refractivity contribution in [1.29, 1.82) is 0 Å². The van der Waals surface area contributed by atoms with Gasteiger partial charge in [0.05, 0.1) is 0 Å². The van der Waals surface area contributed by atoms with Gasteiger partial charge in [-0.05, 0) is 31.1 Å². The van der Waals surface area contributed by atoms with E-state index in [-0.39, 0.29) is 0 Å². The second kappa shape index (κ2) is 3.22. The molecular weight excluding hydrogens is 223 g/mol. The topological polar surface area (TPSA) is 0 Å². The molecule has 0 aromatic rings. The zero-order chi connectivity index (χ0) is 6.85. The van der Waals surface area contributed by atoms with E-state index in [0.717, 1.165) is 15.8 Å². The molecule has 1 aliphatic carbocycles. The number of hydrogen-bond acceptors (Lipinski definition) is 0. The van der Waals surface area contributed by atoms with Crippen LogP contribution in [-0.4, -0.2) is 3.92 Å². The van der Waals surface area contributed by atoms with Crippen molar-refractivity contribution in [2.75, 3.05) is 0 Å². The normalized spacial score (nSPS) is 45.0. The lowest BCUT2D eigenvalue weighted by atomic mass is 9.84. The fourth-order valence-electron chi connectivity index (χ4n) is 1.85. The van der Waals surface area contributed by atoms with Gasteiger partial charge in [0, 0.05) is 3.92 Å². The highest BCUT2D eigenvalue weighted by molar-refractivity contribution is 14.1. The van der Waals surface area contributed by atoms with Gasteiger partial charge in [-0.3, -0.25) is 0 Å². The van der Waals surface area contributed by atoms with Gasteiger partial charge in [-0.2, -0.15) is 0 Å². The van der Waals surface area contributed by atoms with Crippen molar-refractivity contribution < 1.29 is 0 Å². The summed E-state index contributed by atoms with van der Waals surface area (Å²) in [6.45, 7) is 4.75. The molecule has 1 fully saturated rings. The Labute approximate surface area is 71.5 Å². The van der Waals surface area contributed by atoms with E-state index in [1.807, 2.05) is 0 Å². The number of alkyl halides is 1. The largest absolute Gasteiger partial charge is 0.0826 e. The average Bonchev–Trinajstić information content (AvgIpc) is 1.59. The summed E-state index contributed by atoms with van der Waals surface area (Å²) >= 11 is 2.59. The molecule has 1 aliphatic rings. The molecule has 0 aromatic heterocycles. The highest BCUT2D eigenvalue weighted by Gasteiger charge is 2.21. The molecule has 1 rings (SSSR count). The molecule has 9 heavy (non-hydrogen) atoms. The molecule has 3 atom stereocenters. The molecule has 0 heterocycles. The van der Waals surface area contributed by atoms with Gasteiger partial charge in [0.2, 0.25) is 0 Å². The van der Waals surface area contributed by atoms with Crippen LogP contribution in [-0.2, 0) is 0 Å². The summed E-state index contributed by atoms with van der Waals surface area (Å²) in [5, 5.41) is 0. The maximum absolute atomic E-state index is 2.59. The van der Waals surface area contributed by atoms with Crippen molar-refractivity contribution in [2.45, 2.75) is 37.0 Å². The predicted molar refractivity (Wildman–Crippen MR) is 50.0 cm³/mol. The second-order valence-electron chi connectivity index (χ2n) is 3.51. The van der Waals surface area contributed by atoms with Crippen LogP contribution in [0.25, 0.3) is 0 Å². The lowest BCUT2D eigenvalue weighted by molar-refractivity contribution is 0.315. The molecule has 0 radical (unpaired) electrons. The molecule has 0 aromatic carbocycles. The molecule has 0 spiro atoms. The lowest BCUT2D eigenvalue weighted by Gasteiger charge is -2.27. The first kappa shape index (κ1) is 7.83. The molecule has 1 unspecified atom stereocenters. The van der Waals surface area contributed by atoms with E-state index >= 15 is 0 Å². The molecule has 0 aliphatic heterocycles. The predicted octanol–water partition coefficient (Wildman–Crippen LogP) is 3.25. The third-order valence-electron chi connectivity index (χ3n) is 2.12. The van der Waals surface area contributed by atoms with Crippen molar-refractivity contribution in [1.82, 2.24) is 0 Å². The fraction of sp³-hybridized carbons (Fsp3) is 1.00. The van der Waals surface area contributed by atoms with E-state index in [4.69, 9.17) is 0 Å². The van der Waals surface area contributed by atoms with Crippen LogP contribution < -0.4 is 0 Å². The summed E-state index contributed by atoms with van der Waals surface area (Å²) in [7, 11) is 0. The Morgan fingerprint density at radius 1 is 1.00 bits per heavy atom. The third-order valence-corrected chi connectivity index (χ3v) is 3.14. The Bertz CT molecular complexity index is 65.5. The Kier molecular flexibility index (Phi) is 2.80. The summed E-state index contributed by atoms with van der Waals surface area (Å²) in [5.41, 5.74) is 0. The van der Waals surface area contributed by atoms with Gasteiger partial charge < -0.3 is 0 Å². The zero-order valence-electron chi connectivity index (χ0n) is 6.23. The minimum absolute atomic E-state index is 0.960. The average molecular weight is 238 g/mol. The molecule has 0 nitrogen and oxygen atoms in total. The van der Waals surface area contributed by atoms with Crippen LogP contribution >= 0.6 is 22.6 Å². The van der Waals surface area contributed by atoms with Crippen LogP contribution in [0.4, 0.5) is 0 Å². The summed E-state index contributed by atoms with van der Waals surface area (Å²) in [6, 6.07) is 0. The van der Waals surface area contributed by atoms with Crippen molar-refractivity contribution in [2.24, 2.45) is 11.8 Å². The van der Waals surface area contributed by atoms with Gasteiger partial charge in [-0.15, -0.1) is 0 Å². The van der Waals surface area contributed by atoms with E-state index in [1.54, 1.807) is 0 Å². The fourth-order valence-corrected chi connectivity index (χ4v) is 3.58. The van der Waals surface area contributed by atoms with Crippen LogP contribution in [0.5, 0.6) is 0 Å². The van der Waals surface area contributed by atoms with E-state index in [0.29, 0.717) is 0 Å². The van der Waals surface area contributed by atoms with E-state index in [9.17, 15) is 0 Å². The standard InChI is InChI=1S/C8H15I/c1-6-3-7(2)5-8(9)4-6/h6-8H,3-5H2,1-2H3/t6-,7+,8?. The van der Waals surface area contributed by atoms with Crippen LogP contribution in [0.3, 0.4) is 0 Å². The van der Waals surface area contributed by atoms with Gasteiger partial charge in [0.25, 0.3) is 0 Å². The number of halogens is 1. The first-order chi connectivity index (χ1) is 4.18. The number of rotatable bonds is 0. The Hall–Kier alpha value is 0.730. The molecule has 1 heteroatoms. The smallest absolute Gasteiger partial charge is 0.0115 e. The molecule has 54 valence electrons. The highest BCUT2D eigenvalue weighted by atomic mass is 127. The van der Waals surface area contributed by atoms with E-state index in [1.165, 1.54) is 19.3 Å². The molecular formula is C8H15I. The van der Waals surface area contributed by atoms with E-state index in [2.05, 4.69) is 36.4 Å². The molecule has 0 bridgehead atoms. The van der Waals surface area contributed by atoms with Crippen LogP contribution in [0.15, 0.2) is 0 Å². The van der Waals surface area contributed by atoms with E-state index < -0.39 is 0 Å². The Balaban J connectivity index is 2.34. The van der Waals surface area contributed by atoms with Crippen LogP contribution in [0.1, 0.15) is 33.1 Å². The van der Waals surface area contributed by atoms with Gasteiger partial charge in [0.15, 0.2) is 0 Å². The summed E-state index contributed by atoms with van der Waals surface area (Å²) in [4.78, 5) is 0. The minimum atomic E-state index is 0.960. The van der Waals surface area contributed by atoms with Gasteiger partial charge in [-0.1, -0.05) is 36.4 Å². The third kappa shape index (κ3) is 2.44. The molecule has 0 N–H and O–H groups in total. The van der Waals surface area contributed by atoms with Crippen molar-refractivity contribution in [3.8, 4) is 0 Å². The molecule has 0 amide bonds. The summed E-state index contributed by atoms with van der Waals surface area (Å²) in [5.74, 6) is 1.96. The Morgan fingerprint density at radius 3 is 1.78 bits per heavy atom. The lowest BCUT2D eigenvalue weighted by Crippen LogP contribution is -2.18. The van der Waals surface area contributed by atoms with Gasteiger partial charge >= 0.3 is 0 Å². The second-order valence-corrected chi connectivity index (χ2v) is 5.28. The van der Waals surface area contributed by atoms with Crippen molar-refractivity contribution in [3.05, 3.63) is 0 Å². The zero-order valence-corrected chi connectivity index (χ0v) is 8.39. The monoisotopic (exact) mass is 238 g/mol. The SMILES string of the molecule is C[C@@H]1CC(I)C[C@H](C)C1. The maximum atomic E-state index is 2.59. The van der Waals surface area contributed by atoms with Crippen LogP contribution in [0, 0.1) is 11.8 Å². The summed E-state index contributed by atoms with van der Waals surface area (Å²) in [6.07, 6.45) is 4.36. The Morgan fingerprint density at radius 2 is 1.44 bits per heavy atom. The molecule has 1 saturated carbocycles. The summed E-state index contributed by atoms with van der Waals surface area (Å²) < 4.78 is 0.960. The molecule has 0 saturated heterocycles. The van der Waals surface area contributed by atoms with Crippen molar-refractivity contribution in [3.63, 3.8) is 0 Å². The minimum Gasteiger partial charge on any atom is -0.0826 e. The number of hydrogen-bond donors (Lipinski definition) is 0. The quantitative estimate of drug-likeness (QED) is 0.449.